The molecule has 1 amide bonds. The molecule has 6 heteroatoms. The van der Waals surface area contributed by atoms with Crippen molar-refractivity contribution in [1.29, 1.82) is 0 Å². The molecular weight excluding hydrogens is 221 g/mol. The van der Waals surface area contributed by atoms with Crippen LogP contribution in [-0.2, 0) is 4.79 Å². The van der Waals surface area contributed by atoms with Gasteiger partial charge in [0, 0.05) is 19.5 Å². The van der Waals surface area contributed by atoms with Crippen LogP contribution in [0, 0.1) is 5.92 Å². The minimum absolute atomic E-state index is 0.375. The number of likely N-dealkylation sites (tertiary alicyclic amines) is 1. The van der Waals surface area contributed by atoms with Gasteiger partial charge in [0.15, 0.2) is 0 Å². The third kappa shape index (κ3) is 5.34. The second-order valence-electron chi connectivity index (χ2n) is 4.34. The molecule has 0 aromatic carbocycles. The van der Waals surface area contributed by atoms with Crippen LogP contribution in [0.15, 0.2) is 0 Å². The number of carbonyl (C=O) groups excluding carboxylic acids is 1. The van der Waals surface area contributed by atoms with E-state index in [4.69, 9.17) is 0 Å². The van der Waals surface area contributed by atoms with Crippen LogP contribution in [-0.4, -0.2) is 43.7 Å². The monoisotopic (exact) mass is 238 g/mol. The maximum atomic E-state index is 11.8. The highest BCUT2D eigenvalue weighted by molar-refractivity contribution is 5.75. The van der Waals surface area contributed by atoms with Gasteiger partial charge in [0.2, 0.25) is 5.91 Å². The fraction of sp³-hybridized carbons (Fsp3) is 0.900. The molecule has 0 spiro atoms. The average Bonchev–Trinajstić information content (AvgIpc) is 2.57. The van der Waals surface area contributed by atoms with Crippen LogP contribution in [0.2, 0.25) is 0 Å². The molecule has 94 valence electrons. The van der Waals surface area contributed by atoms with Crippen molar-refractivity contribution in [2.24, 2.45) is 5.92 Å². The quantitative estimate of drug-likeness (QED) is 0.803. The molecule has 0 saturated carbocycles. The third-order valence-corrected chi connectivity index (χ3v) is 2.71. The van der Waals surface area contributed by atoms with Gasteiger partial charge in [-0.05, 0) is 25.9 Å². The van der Waals surface area contributed by atoms with E-state index >= 15 is 0 Å². The summed E-state index contributed by atoms with van der Waals surface area (Å²) in [6.45, 7) is 2.38. The highest BCUT2D eigenvalue weighted by Crippen LogP contribution is 2.21. The number of rotatable bonds is 4. The molecular formula is C10H17F3N2O. The number of alkyl halides is 3. The van der Waals surface area contributed by atoms with Crippen LogP contribution >= 0.6 is 0 Å². The molecule has 0 bridgehead atoms. The van der Waals surface area contributed by atoms with Gasteiger partial charge in [0.25, 0.3) is 0 Å². The summed E-state index contributed by atoms with van der Waals surface area (Å²) in [7, 11) is 1.99. The molecule has 1 aliphatic heterocycles. The molecule has 1 aliphatic rings. The summed E-state index contributed by atoms with van der Waals surface area (Å²) in [5, 5.41) is 2.55. The van der Waals surface area contributed by atoms with Gasteiger partial charge in [-0.3, -0.25) is 4.79 Å². The fourth-order valence-corrected chi connectivity index (χ4v) is 1.79. The molecule has 0 aliphatic carbocycles. The summed E-state index contributed by atoms with van der Waals surface area (Å²) in [6, 6.07) is 0. The Morgan fingerprint density at radius 2 is 2.19 bits per heavy atom. The van der Waals surface area contributed by atoms with Crippen molar-refractivity contribution < 1.29 is 18.0 Å². The molecule has 0 aromatic heterocycles. The first-order valence-electron chi connectivity index (χ1n) is 5.39. The van der Waals surface area contributed by atoms with E-state index in [0.29, 0.717) is 12.5 Å². The van der Waals surface area contributed by atoms with Crippen LogP contribution in [0.25, 0.3) is 0 Å². The lowest BCUT2D eigenvalue weighted by molar-refractivity contribution is -0.144. The molecule has 1 rings (SSSR count). The van der Waals surface area contributed by atoms with Gasteiger partial charge in [0.1, 0.15) is 0 Å². The highest BCUT2D eigenvalue weighted by atomic mass is 19.4. The minimum Gasteiger partial charge on any atom is -0.356 e. The van der Waals surface area contributed by atoms with Crippen LogP contribution in [0.1, 0.15) is 19.3 Å². The molecule has 1 saturated heterocycles. The lowest BCUT2D eigenvalue weighted by atomic mass is 10.1. The fourth-order valence-electron chi connectivity index (χ4n) is 1.79. The van der Waals surface area contributed by atoms with E-state index in [1.807, 2.05) is 7.05 Å². The summed E-state index contributed by atoms with van der Waals surface area (Å²) in [6.07, 6.45) is -4.75. The first-order chi connectivity index (χ1) is 7.37. The van der Waals surface area contributed by atoms with Crippen molar-refractivity contribution in [2.45, 2.75) is 25.4 Å². The standard InChI is InChI=1S/C10H17F3N2O/c1-15-5-3-8(7-15)6-14-9(16)2-4-10(11,12)13/h8H,2-7H2,1H3,(H,14,16)/t8-/m0/s1. The molecule has 3 nitrogen and oxygen atoms in total. The van der Waals surface area contributed by atoms with Crippen molar-refractivity contribution in [3.63, 3.8) is 0 Å². The molecule has 1 atom stereocenters. The number of hydrogen-bond acceptors (Lipinski definition) is 2. The van der Waals surface area contributed by atoms with Crippen LogP contribution < -0.4 is 5.32 Å². The SMILES string of the molecule is CN1CC[C@@H](CNC(=O)CCC(F)(F)F)C1. The van der Waals surface area contributed by atoms with E-state index in [9.17, 15) is 18.0 Å². The number of hydrogen-bond donors (Lipinski definition) is 1. The Morgan fingerprint density at radius 1 is 1.50 bits per heavy atom. The van der Waals surface area contributed by atoms with Crippen LogP contribution in [0.5, 0.6) is 0 Å². The van der Waals surface area contributed by atoms with E-state index in [-0.39, 0.29) is 0 Å². The topological polar surface area (TPSA) is 32.3 Å². The van der Waals surface area contributed by atoms with Crippen LogP contribution in [0.4, 0.5) is 13.2 Å². The maximum absolute atomic E-state index is 11.8. The largest absolute Gasteiger partial charge is 0.389 e. The average molecular weight is 238 g/mol. The Hall–Kier alpha value is -0.780. The Kier molecular flexibility index (Phi) is 4.58. The molecule has 0 unspecified atom stereocenters. The summed E-state index contributed by atoms with van der Waals surface area (Å²) >= 11 is 0. The predicted octanol–water partition coefficient (Wildman–Crippen LogP) is 1.40. The van der Waals surface area contributed by atoms with Crippen LogP contribution in [0.3, 0.4) is 0 Å². The van der Waals surface area contributed by atoms with E-state index in [1.165, 1.54) is 0 Å². The van der Waals surface area contributed by atoms with Crippen molar-refractivity contribution >= 4 is 5.91 Å². The summed E-state index contributed by atoms with van der Waals surface area (Å²) in [5.41, 5.74) is 0. The Labute approximate surface area is 93.0 Å². The lowest BCUT2D eigenvalue weighted by Gasteiger charge is -2.12. The lowest BCUT2D eigenvalue weighted by Crippen LogP contribution is -2.31. The number of halogens is 3. The minimum atomic E-state index is -4.25. The molecule has 0 aromatic rings. The Balaban J connectivity index is 2.11. The zero-order valence-electron chi connectivity index (χ0n) is 9.31. The molecule has 0 radical (unpaired) electrons. The molecule has 16 heavy (non-hydrogen) atoms. The van der Waals surface area contributed by atoms with Gasteiger partial charge < -0.3 is 10.2 Å². The zero-order chi connectivity index (χ0) is 12.2. The third-order valence-electron chi connectivity index (χ3n) is 2.71. The van der Waals surface area contributed by atoms with Crippen molar-refractivity contribution in [3.05, 3.63) is 0 Å². The van der Waals surface area contributed by atoms with Gasteiger partial charge in [-0.15, -0.1) is 0 Å². The van der Waals surface area contributed by atoms with E-state index in [1.54, 1.807) is 0 Å². The first-order valence-corrected chi connectivity index (χ1v) is 5.39. The number of nitrogens with zero attached hydrogens (tertiary/aromatic N) is 1. The number of carbonyl (C=O) groups is 1. The summed E-state index contributed by atoms with van der Waals surface area (Å²) in [5.74, 6) is -0.133. The predicted molar refractivity (Wildman–Crippen MR) is 53.9 cm³/mol. The smallest absolute Gasteiger partial charge is 0.356 e. The normalized spacial score (nSPS) is 22.4. The molecule has 1 heterocycles. The highest BCUT2D eigenvalue weighted by Gasteiger charge is 2.28. The van der Waals surface area contributed by atoms with Crippen molar-refractivity contribution in [2.75, 3.05) is 26.7 Å². The van der Waals surface area contributed by atoms with E-state index < -0.39 is 24.9 Å². The second-order valence-corrected chi connectivity index (χ2v) is 4.34. The second kappa shape index (κ2) is 5.52. The summed E-state index contributed by atoms with van der Waals surface area (Å²) in [4.78, 5) is 13.2. The summed E-state index contributed by atoms with van der Waals surface area (Å²) < 4.78 is 35.5. The Bertz CT molecular complexity index is 243. The molecule has 1 N–H and O–H groups in total. The Morgan fingerprint density at radius 3 is 2.69 bits per heavy atom. The van der Waals surface area contributed by atoms with Gasteiger partial charge >= 0.3 is 6.18 Å². The maximum Gasteiger partial charge on any atom is 0.389 e. The van der Waals surface area contributed by atoms with Gasteiger partial charge in [-0.2, -0.15) is 13.2 Å². The first kappa shape index (κ1) is 13.3. The zero-order valence-corrected chi connectivity index (χ0v) is 9.31. The van der Waals surface area contributed by atoms with Gasteiger partial charge in [-0.25, -0.2) is 0 Å². The van der Waals surface area contributed by atoms with Crippen molar-refractivity contribution in [1.82, 2.24) is 10.2 Å². The molecule has 1 fully saturated rings. The van der Waals surface area contributed by atoms with E-state index in [2.05, 4.69) is 10.2 Å². The van der Waals surface area contributed by atoms with E-state index in [0.717, 1.165) is 19.5 Å². The number of amides is 1. The number of nitrogens with one attached hydrogen (secondary N) is 1. The van der Waals surface area contributed by atoms with Crippen molar-refractivity contribution in [3.8, 4) is 0 Å². The van der Waals surface area contributed by atoms with Gasteiger partial charge in [0.05, 0.1) is 6.42 Å². The van der Waals surface area contributed by atoms with Gasteiger partial charge in [-0.1, -0.05) is 0 Å².